The molecule has 1 aromatic carbocycles. The van der Waals surface area contributed by atoms with Crippen LogP contribution in [0.4, 0.5) is 11.4 Å². The van der Waals surface area contributed by atoms with Crippen LogP contribution in [0.2, 0.25) is 0 Å². The van der Waals surface area contributed by atoms with Crippen LogP contribution < -0.4 is 20.4 Å². The number of hydrogen-bond donors (Lipinski definition) is 3. The first-order valence-corrected chi connectivity index (χ1v) is 7.35. The maximum Gasteiger partial charge on any atom is 0.376 e. The lowest BCUT2D eigenvalue weighted by Gasteiger charge is -2.30. The third kappa shape index (κ3) is 2.46. The van der Waals surface area contributed by atoms with Gasteiger partial charge in [-0.3, -0.25) is 4.84 Å². The van der Waals surface area contributed by atoms with Gasteiger partial charge in [0, 0.05) is 17.4 Å². The van der Waals surface area contributed by atoms with Gasteiger partial charge >= 0.3 is 5.97 Å². The van der Waals surface area contributed by atoms with Gasteiger partial charge in [-0.1, -0.05) is 0 Å². The molecule has 4 rings (SSSR count). The smallest absolute Gasteiger partial charge is 0.376 e. The topological polar surface area (TPSA) is 127 Å². The monoisotopic (exact) mass is 325 g/mol. The number of ether oxygens (including phenoxy) is 1. The number of quaternary nitrogens is 3. The summed E-state index contributed by atoms with van der Waals surface area (Å²) in [7, 11) is 0. The molecule has 2 heterocycles. The molecule has 0 radical (unpaired) electrons. The van der Waals surface area contributed by atoms with E-state index in [4.69, 9.17) is 4.74 Å². The van der Waals surface area contributed by atoms with Crippen LogP contribution in [0.25, 0.3) is 0 Å². The largest absolute Gasteiger partial charge is 0.590 e. The molecule has 124 valence electrons. The van der Waals surface area contributed by atoms with Gasteiger partial charge in [-0.2, -0.15) is 5.23 Å². The third-order valence-corrected chi connectivity index (χ3v) is 4.53. The SMILES string of the molecule is O=C1O[NH+]([O-])C2CC(Oc3ccc4c(c3)[NH+]([O-])O[NH+]4[O-])CCC12. The van der Waals surface area contributed by atoms with Gasteiger partial charge in [0.1, 0.15) is 23.8 Å². The van der Waals surface area contributed by atoms with E-state index in [2.05, 4.69) is 9.78 Å². The number of benzene rings is 1. The van der Waals surface area contributed by atoms with Crippen LogP contribution in [0.1, 0.15) is 19.3 Å². The number of carbonyl (C=O) groups excluding carboxylic acids is 1. The molecule has 1 aromatic rings. The molecule has 1 saturated heterocycles. The van der Waals surface area contributed by atoms with Gasteiger partial charge in [0.05, 0.1) is 6.07 Å². The predicted octanol–water partition coefficient (Wildman–Crippen LogP) is -2.65. The molecule has 1 saturated carbocycles. The van der Waals surface area contributed by atoms with Crippen LogP contribution >= 0.6 is 0 Å². The van der Waals surface area contributed by atoms with Gasteiger partial charge in [0.2, 0.25) is 11.4 Å². The molecule has 0 amide bonds. The molecule has 0 spiro atoms. The second kappa shape index (κ2) is 5.39. The third-order valence-electron chi connectivity index (χ3n) is 4.53. The fraction of sp³-hybridized carbons (Fsp3) is 0.462. The van der Waals surface area contributed by atoms with Gasteiger partial charge in [-0.15, -0.1) is 10.5 Å². The highest BCUT2D eigenvalue weighted by atomic mass is 17.1. The number of rotatable bonds is 2. The Labute approximate surface area is 130 Å². The average molecular weight is 325 g/mol. The molecular weight excluding hydrogens is 310 g/mol. The molecular formula is C13H15N3O7. The highest BCUT2D eigenvalue weighted by molar-refractivity contribution is 5.73. The van der Waals surface area contributed by atoms with Crippen LogP contribution in [0.5, 0.6) is 5.75 Å². The first-order chi connectivity index (χ1) is 11.0. The van der Waals surface area contributed by atoms with E-state index in [-0.39, 0.29) is 23.4 Å². The molecule has 0 aromatic heterocycles. The van der Waals surface area contributed by atoms with E-state index >= 15 is 0 Å². The Morgan fingerprint density at radius 2 is 1.91 bits per heavy atom. The molecule has 2 aliphatic heterocycles. The van der Waals surface area contributed by atoms with Crippen molar-refractivity contribution in [2.45, 2.75) is 31.4 Å². The van der Waals surface area contributed by atoms with Crippen LogP contribution in [0, 0.1) is 21.5 Å². The van der Waals surface area contributed by atoms with E-state index in [1.807, 2.05) is 0 Å². The molecule has 3 aliphatic rings. The quantitative estimate of drug-likeness (QED) is 0.507. The Kier molecular flexibility index (Phi) is 3.46. The van der Waals surface area contributed by atoms with E-state index in [0.29, 0.717) is 25.0 Å². The molecule has 6 unspecified atom stereocenters. The molecule has 6 atom stereocenters. The highest BCUT2D eigenvalue weighted by Gasteiger charge is 2.48. The number of hydrogen-bond acceptors (Lipinski definition) is 7. The van der Waals surface area contributed by atoms with Crippen molar-refractivity contribution in [2.75, 3.05) is 0 Å². The van der Waals surface area contributed by atoms with Crippen molar-refractivity contribution in [3.8, 4) is 5.75 Å². The van der Waals surface area contributed by atoms with Gasteiger partial charge in [-0.05, 0) is 18.9 Å². The van der Waals surface area contributed by atoms with Gasteiger partial charge in [0.25, 0.3) is 0 Å². The molecule has 10 heteroatoms. The minimum Gasteiger partial charge on any atom is -0.590 e. The van der Waals surface area contributed by atoms with Gasteiger partial charge in [0.15, 0.2) is 0 Å². The summed E-state index contributed by atoms with van der Waals surface area (Å²) >= 11 is 0. The first-order valence-electron chi connectivity index (χ1n) is 7.35. The lowest BCUT2D eigenvalue weighted by atomic mass is 9.84. The number of nitrogens with one attached hydrogen (secondary N) is 3. The summed E-state index contributed by atoms with van der Waals surface area (Å²) in [5.74, 6) is -0.385. The summed E-state index contributed by atoms with van der Waals surface area (Å²) in [5.41, 5.74) is 0.396. The second-order valence-corrected chi connectivity index (χ2v) is 5.89. The molecule has 0 bridgehead atoms. The normalized spacial score (nSPS) is 38.8. The standard InChI is InChI=1S/C13H15N3O7/c17-13-9-3-1-7(5-11(9)14(18)22-13)21-8-2-4-10-12(6-8)16(20)23-15(10)19/h2,4,6-7,9,11,14-16H,1,3,5H2. The average Bonchev–Trinajstić information content (AvgIpc) is 2.96. The van der Waals surface area contributed by atoms with Crippen molar-refractivity contribution in [1.82, 2.24) is 0 Å². The zero-order valence-corrected chi connectivity index (χ0v) is 11.9. The maximum absolute atomic E-state index is 11.7. The Hall–Kier alpha value is -1.79. The van der Waals surface area contributed by atoms with E-state index < -0.39 is 27.7 Å². The van der Waals surface area contributed by atoms with E-state index in [0.717, 1.165) is 0 Å². The lowest BCUT2D eigenvalue weighted by Crippen LogP contribution is -3.15. The zero-order chi connectivity index (χ0) is 16.1. The summed E-state index contributed by atoms with van der Waals surface area (Å²) in [6.45, 7) is 0. The summed E-state index contributed by atoms with van der Waals surface area (Å²) in [6, 6.07) is 4.08. The lowest BCUT2D eigenvalue weighted by molar-refractivity contribution is -1.24. The molecule has 2 fully saturated rings. The van der Waals surface area contributed by atoms with E-state index in [1.54, 1.807) is 6.07 Å². The van der Waals surface area contributed by atoms with E-state index in [9.17, 15) is 20.4 Å². The first kappa shape index (κ1) is 14.8. The maximum atomic E-state index is 11.7. The number of fused-ring (bicyclic) bond motifs is 2. The summed E-state index contributed by atoms with van der Waals surface area (Å²) < 4.78 is 5.82. The Morgan fingerprint density at radius 3 is 2.74 bits per heavy atom. The summed E-state index contributed by atoms with van der Waals surface area (Å²) in [6.07, 6.45) is 1.30. The van der Waals surface area contributed by atoms with Crippen molar-refractivity contribution in [1.29, 1.82) is 0 Å². The molecule has 10 nitrogen and oxygen atoms in total. The fourth-order valence-electron chi connectivity index (χ4n) is 3.36. The van der Waals surface area contributed by atoms with Crippen LogP contribution in [-0.4, -0.2) is 18.1 Å². The van der Waals surface area contributed by atoms with Gasteiger partial charge in [-0.25, -0.2) is 4.79 Å². The predicted molar refractivity (Wildman–Crippen MR) is 71.5 cm³/mol. The Morgan fingerprint density at radius 1 is 1.13 bits per heavy atom. The molecule has 3 N–H and O–H groups in total. The summed E-state index contributed by atoms with van der Waals surface area (Å²) in [5, 5.41) is 32.8. The minimum atomic E-state index is -0.691. The number of hydroxylamine groups is 2. The second-order valence-electron chi connectivity index (χ2n) is 5.89. The fourth-order valence-corrected chi connectivity index (χ4v) is 3.36. The molecule has 23 heavy (non-hydrogen) atoms. The van der Waals surface area contributed by atoms with Crippen LogP contribution in [0.3, 0.4) is 0 Å². The summed E-state index contributed by atoms with van der Waals surface area (Å²) in [4.78, 5) is 20.7. The zero-order valence-electron chi connectivity index (χ0n) is 11.9. The number of carbonyl (C=O) groups is 1. The van der Waals surface area contributed by atoms with Crippen LogP contribution in [0.15, 0.2) is 18.2 Å². The Bertz CT molecular complexity index is 642. The van der Waals surface area contributed by atoms with E-state index in [1.165, 1.54) is 12.1 Å². The highest BCUT2D eigenvalue weighted by Crippen LogP contribution is 2.31. The van der Waals surface area contributed by atoms with Crippen molar-refractivity contribution in [2.24, 2.45) is 5.92 Å². The van der Waals surface area contributed by atoms with Crippen LogP contribution in [-0.2, 0) is 14.6 Å². The van der Waals surface area contributed by atoms with Gasteiger partial charge < -0.3 is 20.4 Å². The van der Waals surface area contributed by atoms with Crippen molar-refractivity contribution in [3.63, 3.8) is 0 Å². The molecule has 1 aliphatic carbocycles. The van der Waals surface area contributed by atoms with Crippen molar-refractivity contribution < 1.29 is 35.0 Å². The minimum absolute atomic E-state index is 0.177. The van der Waals surface area contributed by atoms with Crippen molar-refractivity contribution in [3.05, 3.63) is 33.8 Å². The Balaban J connectivity index is 1.47. The van der Waals surface area contributed by atoms with Crippen molar-refractivity contribution >= 4 is 17.3 Å².